The summed E-state index contributed by atoms with van der Waals surface area (Å²) in [4.78, 5) is 31.5. The number of hydrogen-bond acceptors (Lipinski definition) is 5. The number of carbonyl (C=O) groups excluding carboxylic acids is 1. The fourth-order valence-corrected chi connectivity index (χ4v) is 4.21. The Balaban J connectivity index is 1.44. The van der Waals surface area contributed by atoms with Crippen LogP contribution in [-0.2, 0) is 17.7 Å². The van der Waals surface area contributed by atoms with Crippen LogP contribution in [0.2, 0.25) is 0 Å². The zero-order valence-electron chi connectivity index (χ0n) is 19.8. The second-order valence-corrected chi connectivity index (χ2v) is 9.65. The summed E-state index contributed by atoms with van der Waals surface area (Å²) in [5.74, 6) is 0.876. The van der Waals surface area contributed by atoms with Gasteiger partial charge in [0.15, 0.2) is 0 Å². The van der Waals surface area contributed by atoms with Gasteiger partial charge in [0, 0.05) is 59.7 Å². The minimum Gasteiger partial charge on any atom is -0.461 e. The number of amides is 1. The second kappa shape index (κ2) is 8.17. The number of ether oxygens (including phenoxy) is 1. The van der Waals surface area contributed by atoms with Crippen molar-refractivity contribution in [1.82, 2.24) is 14.5 Å². The van der Waals surface area contributed by atoms with Crippen molar-refractivity contribution < 1.29 is 13.9 Å². The lowest BCUT2D eigenvalue weighted by atomic mass is 10.0. The maximum Gasteiger partial charge on any atom is 0.410 e. The molecule has 1 aliphatic heterocycles. The Hall–Kier alpha value is -3.87. The quantitative estimate of drug-likeness (QED) is 0.411. The smallest absolute Gasteiger partial charge is 0.410 e. The van der Waals surface area contributed by atoms with Crippen molar-refractivity contribution in [3.05, 3.63) is 82.2 Å². The van der Waals surface area contributed by atoms with Gasteiger partial charge in [-0.1, -0.05) is 6.07 Å². The molecule has 0 N–H and O–H groups in total. The zero-order valence-corrected chi connectivity index (χ0v) is 19.8. The van der Waals surface area contributed by atoms with Gasteiger partial charge < -0.3 is 14.1 Å². The van der Waals surface area contributed by atoms with Gasteiger partial charge in [-0.25, -0.2) is 4.79 Å². The number of pyridine rings is 2. The standard InChI is InChI=1S/C27H27N3O4/c1-17-5-6-19(15-28-17)18-9-12-30(25(31)13-18)20-7-8-21-22-16-29(26(32)34-27(2,3)4)11-10-23(22)33-24(21)14-20/h5-9,12-15H,10-11,16H2,1-4H3. The van der Waals surface area contributed by atoms with Crippen LogP contribution in [0.25, 0.3) is 27.8 Å². The van der Waals surface area contributed by atoms with Crippen LogP contribution in [0.1, 0.15) is 37.8 Å². The Morgan fingerprint density at radius 2 is 1.91 bits per heavy atom. The zero-order chi connectivity index (χ0) is 24.0. The third-order valence-corrected chi connectivity index (χ3v) is 5.91. The molecule has 5 rings (SSSR count). The average molecular weight is 458 g/mol. The maximum absolute atomic E-state index is 12.9. The highest BCUT2D eigenvalue weighted by atomic mass is 16.6. The van der Waals surface area contributed by atoms with Gasteiger partial charge in [-0.2, -0.15) is 0 Å². The predicted molar refractivity (Wildman–Crippen MR) is 130 cm³/mol. The molecule has 1 aliphatic rings. The monoisotopic (exact) mass is 457 g/mol. The first-order valence-electron chi connectivity index (χ1n) is 11.4. The number of hydrogen-bond donors (Lipinski definition) is 0. The molecule has 1 aromatic carbocycles. The van der Waals surface area contributed by atoms with Gasteiger partial charge in [-0.3, -0.25) is 14.3 Å². The van der Waals surface area contributed by atoms with E-state index in [1.807, 2.05) is 64.1 Å². The molecule has 0 saturated heterocycles. The van der Waals surface area contributed by atoms with Gasteiger partial charge in [0.25, 0.3) is 5.56 Å². The van der Waals surface area contributed by atoms with Crippen molar-refractivity contribution >= 4 is 17.1 Å². The lowest BCUT2D eigenvalue weighted by molar-refractivity contribution is 0.0220. The number of aryl methyl sites for hydroxylation is 1. The van der Waals surface area contributed by atoms with Crippen LogP contribution in [0.5, 0.6) is 0 Å². The number of carbonyl (C=O) groups is 1. The summed E-state index contributed by atoms with van der Waals surface area (Å²) in [6.07, 6.45) is 3.84. The molecule has 0 radical (unpaired) electrons. The second-order valence-electron chi connectivity index (χ2n) is 9.65. The summed E-state index contributed by atoms with van der Waals surface area (Å²) in [5, 5.41) is 0.947. The van der Waals surface area contributed by atoms with Crippen molar-refractivity contribution in [2.75, 3.05) is 6.54 Å². The molecule has 0 atom stereocenters. The van der Waals surface area contributed by atoms with Crippen LogP contribution in [0.15, 0.2) is 64.1 Å². The largest absolute Gasteiger partial charge is 0.461 e. The van der Waals surface area contributed by atoms with Crippen LogP contribution >= 0.6 is 0 Å². The van der Waals surface area contributed by atoms with Crippen LogP contribution in [0, 0.1) is 6.92 Å². The van der Waals surface area contributed by atoms with E-state index in [1.54, 1.807) is 27.9 Å². The summed E-state index contributed by atoms with van der Waals surface area (Å²) in [6.45, 7) is 8.50. The van der Waals surface area contributed by atoms with Crippen LogP contribution in [-0.4, -0.2) is 32.7 Å². The van der Waals surface area contributed by atoms with Gasteiger partial charge in [0.2, 0.25) is 0 Å². The van der Waals surface area contributed by atoms with E-state index in [1.165, 1.54) is 0 Å². The highest BCUT2D eigenvalue weighted by Gasteiger charge is 2.29. The number of fused-ring (bicyclic) bond motifs is 3. The Morgan fingerprint density at radius 1 is 1.09 bits per heavy atom. The summed E-state index contributed by atoms with van der Waals surface area (Å²) >= 11 is 0. The van der Waals surface area contributed by atoms with Crippen molar-refractivity contribution in [2.24, 2.45) is 0 Å². The first-order chi connectivity index (χ1) is 16.2. The summed E-state index contributed by atoms with van der Waals surface area (Å²) in [7, 11) is 0. The fourth-order valence-electron chi connectivity index (χ4n) is 4.21. The van der Waals surface area contributed by atoms with E-state index >= 15 is 0 Å². The Kier molecular flexibility index (Phi) is 5.27. The highest BCUT2D eigenvalue weighted by Crippen LogP contribution is 2.32. The van der Waals surface area contributed by atoms with Gasteiger partial charge in [-0.15, -0.1) is 0 Å². The third kappa shape index (κ3) is 4.21. The van der Waals surface area contributed by atoms with Crippen molar-refractivity contribution in [3.63, 3.8) is 0 Å². The van der Waals surface area contributed by atoms with E-state index in [0.29, 0.717) is 25.1 Å². The van der Waals surface area contributed by atoms with Gasteiger partial charge in [-0.05, 0) is 57.5 Å². The number of nitrogens with zero attached hydrogens (tertiary/aromatic N) is 3. The van der Waals surface area contributed by atoms with Gasteiger partial charge in [0.05, 0.1) is 12.2 Å². The molecule has 34 heavy (non-hydrogen) atoms. The number of furan rings is 1. The Bertz CT molecular complexity index is 1440. The molecule has 0 fully saturated rings. The van der Waals surface area contributed by atoms with E-state index in [2.05, 4.69) is 4.98 Å². The lowest BCUT2D eigenvalue weighted by Crippen LogP contribution is -2.39. The van der Waals surface area contributed by atoms with Crippen LogP contribution < -0.4 is 5.56 Å². The molecule has 1 amide bonds. The molecule has 174 valence electrons. The molecule has 4 aromatic rings. The van der Waals surface area contributed by atoms with Gasteiger partial charge in [0.1, 0.15) is 16.9 Å². The molecule has 7 nitrogen and oxygen atoms in total. The van der Waals surface area contributed by atoms with Crippen molar-refractivity contribution in [1.29, 1.82) is 0 Å². The summed E-state index contributed by atoms with van der Waals surface area (Å²) < 4.78 is 13.3. The molecule has 0 aliphatic carbocycles. The number of benzene rings is 1. The molecule has 4 heterocycles. The van der Waals surface area contributed by atoms with E-state index in [4.69, 9.17) is 9.15 Å². The molecule has 0 saturated carbocycles. The SMILES string of the molecule is Cc1ccc(-c2ccn(-c3ccc4c5c(oc4c3)CCN(C(=O)OC(C)(C)C)C5)c(=O)c2)cn1. The number of aromatic nitrogens is 2. The third-order valence-electron chi connectivity index (χ3n) is 5.91. The summed E-state index contributed by atoms with van der Waals surface area (Å²) in [6, 6.07) is 13.1. The molecular weight excluding hydrogens is 430 g/mol. The van der Waals surface area contributed by atoms with E-state index in [0.717, 1.165) is 39.2 Å². The topological polar surface area (TPSA) is 77.6 Å². The first kappa shape index (κ1) is 21.9. The van der Waals surface area contributed by atoms with Crippen molar-refractivity contribution in [2.45, 2.75) is 46.3 Å². The Morgan fingerprint density at radius 3 is 2.62 bits per heavy atom. The van der Waals surface area contributed by atoms with Crippen LogP contribution in [0.3, 0.4) is 0 Å². The predicted octanol–water partition coefficient (Wildman–Crippen LogP) is 5.25. The normalized spacial score (nSPS) is 13.7. The molecule has 0 spiro atoms. The maximum atomic E-state index is 12.9. The van der Waals surface area contributed by atoms with E-state index < -0.39 is 5.60 Å². The molecule has 0 bridgehead atoms. The minimum atomic E-state index is -0.538. The van der Waals surface area contributed by atoms with Crippen molar-refractivity contribution in [3.8, 4) is 16.8 Å². The minimum absolute atomic E-state index is 0.134. The number of rotatable bonds is 2. The van der Waals surface area contributed by atoms with E-state index in [-0.39, 0.29) is 11.7 Å². The summed E-state index contributed by atoms with van der Waals surface area (Å²) in [5.41, 5.74) is 4.40. The fraction of sp³-hybridized carbons (Fsp3) is 0.296. The van der Waals surface area contributed by atoms with E-state index in [9.17, 15) is 9.59 Å². The average Bonchev–Trinajstić information content (AvgIpc) is 3.15. The highest BCUT2D eigenvalue weighted by molar-refractivity contribution is 5.85. The van der Waals surface area contributed by atoms with Gasteiger partial charge >= 0.3 is 6.09 Å². The first-order valence-corrected chi connectivity index (χ1v) is 11.4. The van der Waals surface area contributed by atoms with Crippen LogP contribution in [0.4, 0.5) is 4.79 Å². The molecular formula is C27H27N3O4. The lowest BCUT2D eigenvalue weighted by Gasteiger charge is -2.29. The molecule has 7 heteroatoms. The molecule has 0 unspecified atom stereocenters. The Labute approximate surface area is 197 Å². The molecule has 3 aromatic heterocycles.